The Morgan fingerprint density at radius 2 is 2.08 bits per heavy atom. The highest BCUT2D eigenvalue weighted by atomic mass is 16.5. The van der Waals surface area contributed by atoms with E-state index >= 15 is 0 Å². The summed E-state index contributed by atoms with van der Waals surface area (Å²) < 4.78 is 11.2. The number of hydrogen-bond acceptors (Lipinski definition) is 4. The number of carboxylic acid groups (broad SMARTS) is 1. The fourth-order valence-electron chi connectivity index (χ4n) is 3.09. The molecule has 0 spiro atoms. The van der Waals surface area contributed by atoms with Gasteiger partial charge in [-0.2, -0.15) is 0 Å². The van der Waals surface area contributed by atoms with Crippen LogP contribution in [0.15, 0.2) is 18.2 Å². The van der Waals surface area contributed by atoms with Crippen molar-refractivity contribution < 1.29 is 19.4 Å². The lowest BCUT2D eigenvalue weighted by Crippen LogP contribution is -2.27. The van der Waals surface area contributed by atoms with E-state index in [0.29, 0.717) is 24.7 Å². The van der Waals surface area contributed by atoms with Crippen LogP contribution in [0, 0.1) is 17.8 Å². The largest absolute Gasteiger partial charge is 0.497 e. The third kappa shape index (κ3) is 5.41. The summed E-state index contributed by atoms with van der Waals surface area (Å²) in [5.74, 6) is 1.11. The summed E-state index contributed by atoms with van der Waals surface area (Å²) in [6.45, 7) is 6.65. The van der Waals surface area contributed by atoms with Crippen molar-refractivity contribution in [1.29, 1.82) is 0 Å². The van der Waals surface area contributed by atoms with Crippen LogP contribution in [0.4, 0.5) is 0 Å². The minimum Gasteiger partial charge on any atom is -0.497 e. The van der Waals surface area contributed by atoms with Crippen molar-refractivity contribution in [2.45, 2.75) is 33.1 Å². The molecule has 0 radical (unpaired) electrons. The molecule has 1 saturated heterocycles. The predicted molar refractivity (Wildman–Crippen MR) is 93.8 cm³/mol. The van der Waals surface area contributed by atoms with Crippen LogP contribution in [0.3, 0.4) is 0 Å². The van der Waals surface area contributed by atoms with Crippen molar-refractivity contribution in [3.63, 3.8) is 0 Å². The van der Waals surface area contributed by atoms with Crippen molar-refractivity contribution in [2.24, 2.45) is 17.8 Å². The lowest BCUT2D eigenvalue weighted by atomic mass is 9.86. The number of carboxylic acids is 1. The molecular formula is C19H29NO4. The third-order valence-electron chi connectivity index (χ3n) is 4.58. The average molecular weight is 335 g/mol. The van der Waals surface area contributed by atoms with Crippen molar-refractivity contribution in [1.82, 2.24) is 5.32 Å². The van der Waals surface area contributed by atoms with Gasteiger partial charge in [-0.15, -0.1) is 0 Å². The van der Waals surface area contributed by atoms with E-state index in [2.05, 4.69) is 19.2 Å². The van der Waals surface area contributed by atoms with Gasteiger partial charge in [0.05, 0.1) is 19.6 Å². The molecule has 1 aliphatic heterocycles. The number of rotatable bonds is 9. The van der Waals surface area contributed by atoms with Crippen molar-refractivity contribution in [3.05, 3.63) is 23.8 Å². The summed E-state index contributed by atoms with van der Waals surface area (Å²) in [5.41, 5.74) is 0.952. The van der Waals surface area contributed by atoms with E-state index in [-0.39, 0.29) is 11.8 Å². The molecule has 0 amide bonds. The third-order valence-corrected chi connectivity index (χ3v) is 4.58. The quantitative estimate of drug-likeness (QED) is 0.726. The molecule has 5 nitrogen and oxygen atoms in total. The number of hydrogen-bond donors (Lipinski definition) is 2. The summed E-state index contributed by atoms with van der Waals surface area (Å²) in [7, 11) is 1.62. The molecule has 0 aromatic heterocycles. The van der Waals surface area contributed by atoms with Crippen LogP contribution in [-0.4, -0.2) is 37.9 Å². The first kappa shape index (κ1) is 18.6. The summed E-state index contributed by atoms with van der Waals surface area (Å²) in [6, 6.07) is 5.71. The van der Waals surface area contributed by atoms with E-state index in [1.165, 1.54) is 0 Å². The number of benzene rings is 1. The summed E-state index contributed by atoms with van der Waals surface area (Å²) in [4.78, 5) is 11.7. The standard InChI is InChI=1S/C19H29NO4/c1-13(2)5-7-24-17-9-14(8-16(11-17)23-3)10-18(19(21)22)15-4-6-20-12-15/h8-9,11,13,15,18,20H,4-7,10,12H2,1-3H3,(H,21,22)/t15-,18-/m0/s1. The first-order valence-corrected chi connectivity index (χ1v) is 8.74. The molecule has 24 heavy (non-hydrogen) atoms. The van der Waals surface area contributed by atoms with Gasteiger partial charge in [-0.3, -0.25) is 4.79 Å². The molecule has 1 fully saturated rings. The zero-order valence-corrected chi connectivity index (χ0v) is 14.9. The smallest absolute Gasteiger partial charge is 0.307 e. The van der Waals surface area contributed by atoms with E-state index < -0.39 is 5.97 Å². The highest BCUT2D eigenvalue weighted by Gasteiger charge is 2.30. The molecule has 0 aliphatic carbocycles. The Balaban J connectivity index is 2.10. The molecule has 2 rings (SSSR count). The Labute approximate surface area is 144 Å². The van der Waals surface area contributed by atoms with E-state index in [1.807, 2.05) is 18.2 Å². The summed E-state index contributed by atoms with van der Waals surface area (Å²) >= 11 is 0. The van der Waals surface area contributed by atoms with Gasteiger partial charge in [0.2, 0.25) is 0 Å². The maximum Gasteiger partial charge on any atom is 0.307 e. The lowest BCUT2D eigenvalue weighted by molar-refractivity contribution is -0.143. The molecule has 0 unspecified atom stereocenters. The number of aliphatic carboxylic acids is 1. The molecule has 0 bridgehead atoms. The van der Waals surface area contributed by atoms with Crippen LogP contribution in [-0.2, 0) is 11.2 Å². The van der Waals surface area contributed by atoms with E-state index in [0.717, 1.165) is 37.2 Å². The van der Waals surface area contributed by atoms with Gasteiger partial charge in [-0.1, -0.05) is 13.8 Å². The normalized spacial score (nSPS) is 18.6. The number of methoxy groups -OCH3 is 1. The maximum absolute atomic E-state index is 11.7. The van der Waals surface area contributed by atoms with Crippen LogP contribution >= 0.6 is 0 Å². The zero-order valence-electron chi connectivity index (χ0n) is 14.9. The Hall–Kier alpha value is -1.75. The average Bonchev–Trinajstić information content (AvgIpc) is 3.05. The van der Waals surface area contributed by atoms with Gasteiger partial charge in [0.15, 0.2) is 0 Å². The Bertz CT molecular complexity index is 538. The second-order valence-corrected chi connectivity index (χ2v) is 6.95. The minimum atomic E-state index is -0.728. The van der Waals surface area contributed by atoms with E-state index in [1.54, 1.807) is 7.11 Å². The van der Waals surface area contributed by atoms with Gasteiger partial charge in [0.1, 0.15) is 11.5 Å². The van der Waals surface area contributed by atoms with Crippen LogP contribution in [0.5, 0.6) is 11.5 Å². The van der Waals surface area contributed by atoms with Gasteiger partial charge in [-0.05, 0) is 61.9 Å². The fourth-order valence-corrected chi connectivity index (χ4v) is 3.09. The maximum atomic E-state index is 11.7. The highest BCUT2D eigenvalue weighted by molar-refractivity contribution is 5.71. The Morgan fingerprint density at radius 3 is 2.67 bits per heavy atom. The molecule has 2 N–H and O–H groups in total. The minimum absolute atomic E-state index is 0.180. The molecule has 1 heterocycles. The first-order valence-electron chi connectivity index (χ1n) is 8.74. The van der Waals surface area contributed by atoms with Crippen molar-refractivity contribution >= 4 is 5.97 Å². The highest BCUT2D eigenvalue weighted by Crippen LogP contribution is 2.28. The Morgan fingerprint density at radius 1 is 1.33 bits per heavy atom. The molecule has 1 aliphatic rings. The molecule has 1 aromatic rings. The van der Waals surface area contributed by atoms with Crippen LogP contribution < -0.4 is 14.8 Å². The second-order valence-electron chi connectivity index (χ2n) is 6.95. The summed E-state index contributed by atoms with van der Waals surface area (Å²) in [6.07, 6.45) is 2.40. The van der Waals surface area contributed by atoms with Crippen LogP contribution in [0.2, 0.25) is 0 Å². The topological polar surface area (TPSA) is 67.8 Å². The molecule has 1 aromatic carbocycles. The molecule has 5 heteroatoms. The monoisotopic (exact) mass is 335 g/mol. The van der Waals surface area contributed by atoms with Gasteiger partial charge < -0.3 is 19.9 Å². The van der Waals surface area contributed by atoms with E-state index in [4.69, 9.17) is 9.47 Å². The molecular weight excluding hydrogens is 306 g/mol. The number of carbonyl (C=O) groups is 1. The van der Waals surface area contributed by atoms with Crippen molar-refractivity contribution in [2.75, 3.05) is 26.8 Å². The summed E-state index contributed by atoms with van der Waals surface area (Å²) in [5, 5.41) is 12.9. The second kappa shape index (κ2) is 8.92. The van der Waals surface area contributed by atoms with Crippen LogP contribution in [0.1, 0.15) is 32.3 Å². The SMILES string of the molecule is COc1cc(C[C@H](C(=O)O)[C@H]2CCNC2)cc(OCCC(C)C)c1. The fraction of sp³-hybridized carbons (Fsp3) is 0.632. The first-order chi connectivity index (χ1) is 11.5. The Kier molecular flexibility index (Phi) is 6.91. The lowest BCUT2D eigenvalue weighted by Gasteiger charge is -2.19. The van der Waals surface area contributed by atoms with Gasteiger partial charge in [0.25, 0.3) is 0 Å². The van der Waals surface area contributed by atoms with Gasteiger partial charge in [-0.25, -0.2) is 0 Å². The molecule has 2 atom stereocenters. The van der Waals surface area contributed by atoms with E-state index in [9.17, 15) is 9.90 Å². The number of ether oxygens (including phenoxy) is 2. The zero-order chi connectivity index (χ0) is 17.5. The van der Waals surface area contributed by atoms with Gasteiger partial charge in [0, 0.05) is 6.07 Å². The van der Waals surface area contributed by atoms with Gasteiger partial charge >= 0.3 is 5.97 Å². The van der Waals surface area contributed by atoms with Crippen molar-refractivity contribution in [3.8, 4) is 11.5 Å². The molecule has 0 saturated carbocycles. The van der Waals surface area contributed by atoms with Crippen LogP contribution in [0.25, 0.3) is 0 Å². The number of nitrogens with one attached hydrogen (secondary N) is 1. The molecule has 134 valence electrons. The predicted octanol–water partition coefficient (Wildman–Crippen LogP) is 2.97.